The third-order valence-electron chi connectivity index (χ3n) is 2.72. The molecule has 1 aromatic heterocycles. The summed E-state index contributed by atoms with van der Waals surface area (Å²) in [5.41, 5.74) is 5.27. The molecule has 1 saturated carbocycles. The zero-order valence-electron chi connectivity index (χ0n) is 7.37. The molecule has 0 spiro atoms. The summed E-state index contributed by atoms with van der Waals surface area (Å²) in [5, 5.41) is 11.4. The fraction of sp³-hybridized carbons (Fsp3) is 0.444. The number of carbonyl (C=O) groups is 1. The molecule has 0 amide bonds. The van der Waals surface area contributed by atoms with Gasteiger partial charge in [-0.15, -0.1) is 11.3 Å². The van der Waals surface area contributed by atoms with Crippen LogP contribution in [0.15, 0.2) is 11.4 Å². The molecular weight excluding hydrogens is 222 g/mol. The zero-order chi connectivity index (χ0) is 10.3. The number of nitrogens with two attached hydrogens (primary N) is 1. The number of carboxylic acid groups (broad SMARTS) is 1. The molecule has 1 aliphatic carbocycles. The van der Waals surface area contributed by atoms with Crippen molar-refractivity contribution in [1.82, 2.24) is 0 Å². The highest BCUT2D eigenvalue weighted by atomic mass is 35.5. The normalized spacial score (nSPS) is 20.4. The van der Waals surface area contributed by atoms with E-state index in [2.05, 4.69) is 0 Å². The van der Waals surface area contributed by atoms with Gasteiger partial charge in [0.15, 0.2) is 0 Å². The average Bonchev–Trinajstić information content (AvgIpc) is 2.83. The van der Waals surface area contributed by atoms with Crippen molar-refractivity contribution in [2.75, 3.05) is 0 Å². The highest BCUT2D eigenvalue weighted by molar-refractivity contribution is 7.10. The standard InChI is InChI=1S/C9H10ClNO2S/c10-5-1-4-14-7(5)9(2-3-9)6(11)8(12)13/h1,4,6H,2-3,11H2,(H,12,13). The van der Waals surface area contributed by atoms with E-state index < -0.39 is 17.4 Å². The van der Waals surface area contributed by atoms with E-state index in [0.29, 0.717) is 5.02 Å². The van der Waals surface area contributed by atoms with Crippen molar-refractivity contribution in [2.45, 2.75) is 24.3 Å². The summed E-state index contributed by atoms with van der Waals surface area (Å²) in [6.45, 7) is 0. The highest BCUT2D eigenvalue weighted by Gasteiger charge is 2.54. The van der Waals surface area contributed by atoms with E-state index in [1.807, 2.05) is 5.38 Å². The van der Waals surface area contributed by atoms with Gasteiger partial charge in [0.1, 0.15) is 6.04 Å². The Morgan fingerprint density at radius 1 is 1.71 bits per heavy atom. The van der Waals surface area contributed by atoms with Crippen LogP contribution in [0.4, 0.5) is 0 Å². The Labute approximate surface area is 90.5 Å². The average molecular weight is 232 g/mol. The topological polar surface area (TPSA) is 63.3 Å². The van der Waals surface area contributed by atoms with Crippen molar-refractivity contribution in [3.63, 3.8) is 0 Å². The van der Waals surface area contributed by atoms with Gasteiger partial charge in [0.25, 0.3) is 0 Å². The number of thiophene rings is 1. The molecule has 1 fully saturated rings. The minimum absolute atomic E-state index is 0.392. The Bertz CT molecular complexity index is 373. The van der Waals surface area contributed by atoms with Gasteiger partial charge >= 0.3 is 5.97 Å². The molecule has 1 unspecified atom stereocenters. The van der Waals surface area contributed by atoms with Gasteiger partial charge in [-0.3, -0.25) is 4.79 Å². The molecule has 5 heteroatoms. The van der Waals surface area contributed by atoms with Crippen LogP contribution < -0.4 is 5.73 Å². The van der Waals surface area contributed by atoms with Gasteiger partial charge in [-0.1, -0.05) is 11.6 Å². The van der Waals surface area contributed by atoms with Crippen LogP contribution in [0, 0.1) is 0 Å². The van der Waals surface area contributed by atoms with Crippen LogP contribution in [0.25, 0.3) is 0 Å². The number of hydrogen-bond acceptors (Lipinski definition) is 3. The lowest BCUT2D eigenvalue weighted by atomic mass is 9.95. The molecule has 1 aliphatic rings. The van der Waals surface area contributed by atoms with Crippen molar-refractivity contribution in [2.24, 2.45) is 5.73 Å². The SMILES string of the molecule is NC(C(=O)O)C1(c2sccc2Cl)CC1. The van der Waals surface area contributed by atoms with Crippen molar-refractivity contribution in [3.8, 4) is 0 Å². The number of rotatable bonds is 3. The van der Waals surface area contributed by atoms with Crippen LogP contribution in [0.3, 0.4) is 0 Å². The highest BCUT2D eigenvalue weighted by Crippen LogP contribution is 2.54. The maximum Gasteiger partial charge on any atom is 0.321 e. The van der Waals surface area contributed by atoms with Gasteiger partial charge in [-0.2, -0.15) is 0 Å². The summed E-state index contributed by atoms with van der Waals surface area (Å²) in [4.78, 5) is 11.8. The van der Waals surface area contributed by atoms with E-state index in [9.17, 15) is 4.79 Å². The molecule has 3 nitrogen and oxygen atoms in total. The molecule has 0 aliphatic heterocycles. The first-order valence-electron chi connectivity index (χ1n) is 4.30. The second-order valence-corrected chi connectivity index (χ2v) is 4.89. The molecule has 14 heavy (non-hydrogen) atoms. The Hall–Kier alpha value is -0.580. The van der Waals surface area contributed by atoms with Crippen LogP contribution in [0.1, 0.15) is 17.7 Å². The van der Waals surface area contributed by atoms with Gasteiger partial charge in [0.05, 0.1) is 5.02 Å². The van der Waals surface area contributed by atoms with E-state index >= 15 is 0 Å². The van der Waals surface area contributed by atoms with Gasteiger partial charge in [-0.25, -0.2) is 0 Å². The van der Waals surface area contributed by atoms with E-state index in [1.165, 1.54) is 11.3 Å². The first-order chi connectivity index (χ1) is 6.58. The molecule has 2 rings (SSSR count). The van der Waals surface area contributed by atoms with E-state index in [0.717, 1.165) is 17.7 Å². The second-order valence-electron chi connectivity index (χ2n) is 3.57. The predicted molar refractivity (Wildman–Crippen MR) is 55.9 cm³/mol. The van der Waals surface area contributed by atoms with E-state index in [1.54, 1.807) is 6.07 Å². The van der Waals surface area contributed by atoms with Crippen molar-refractivity contribution >= 4 is 28.9 Å². The summed E-state index contributed by atoms with van der Waals surface area (Å²) in [6, 6.07) is 0.953. The lowest BCUT2D eigenvalue weighted by molar-refractivity contribution is -0.139. The molecule has 0 radical (unpaired) electrons. The third kappa shape index (κ3) is 1.34. The summed E-state index contributed by atoms with van der Waals surface area (Å²) in [6.07, 6.45) is 1.64. The lowest BCUT2D eigenvalue weighted by Crippen LogP contribution is -2.41. The second kappa shape index (κ2) is 3.22. The third-order valence-corrected chi connectivity index (χ3v) is 4.28. The van der Waals surface area contributed by atoms with Gasteiger partial charge in [0, 0.05) is 10.3 Å². The Morgan fingerprint density at radius 3 is 2.71 bits per heavy atom. The maximum atomic E-state index is 10.8. The van der Waals surface area contributed by atoms with Crippen LogP contribution in [-0.4, -0.2) is 17.1 Å². The van der Waals surface area contributed by atoms with Gasteiger partial charge in [-0.05, 0) is 24.3 Å². The molecule has 1 atom stereocenters. The van der Waals surface area contributed by atoms with Crippen molar-refractivity contribution < 1.29 is 9.90 Å². The molecule has 76 valence electrons. The first-order valence-corrected chi connectivity index (χ1v) is 5.55. The molecule has 1 aromatic rings. The minimum atomic E-state index is -0.952. The minimum Gasteiger partial charge on any atom is -0.480 e. The summed E-state index contributed by atoms with van der Waals surface area (Å²) in [5.74, 6) is -0.952. The smallest absolute Gasteiger partial charge is 0.321 e. The van der Waals surface area contributed by atoms with Crippen LogP contribution >= 0.6 is 22.9 Å². The largest absolute Gasteiger partial charge is 0.480 e. The first kappa shape index (κ1) is 9.96. The van der Waals surface area contributed by atoms with E-state index in [-0.39, 0.29) is 0 Å². The number of hydrogen-bond donors (Lipinski definition) is 2. The Balaban J connectivity index is 2.34. The van der Waals surface area contributed by atoms with Crippen LogP contribution in [-0.2, 0) is 10.2 Å². The quantitative estimate of drug-likeness (QED) is 0.835. The van der Waals surface area contributed by atoms with Crippen molar-refractivity contribution in [3.05, 3.63) is 21.3 Å². The van der Waals surface area contributed by atoms with Crippen molar-refractivity contribution in [1.29, 1.82) is 0 Å². The Kier molecular flexibility index (Phi) is 2.29. The number of aliphatic carboxylic acids is 1. The Morgan fingerprint density at radius 2 is 2.36 bits per heavy atom. The van der Waals surface area contributed by atoms with Crippen LogP contribution in [0.5, 0.6) is 0 Å². The van der Waals surface area contributed by atoms with E-state index in [4.69, 9.17) is 22.4 Å². The monoisotopic (exact) mass is 231 g/mol. The molecule has 3 N–H and O–H groups in total. The maximum absolute atomic E-state index is 10.8. The molecule has 0 aromatic carbocycles. The fourth-order valence-electron chi connectivity index (χ4n) is 1.70. The summed E-state index contributed by atoms with van der Waals surface area (Å²) < 4.78 is 0. The summed E-state index contributed by atoms with van der Waals surface area (Å²) >= 11 is 7.46. The van der Waals surface area contributed by atoms with Gasteiger partial charge < -0.3 is 10.8 Å². The zero-order valence-corrected chi connectivity index (χ0v) is 8.94. The molecule has 0 bridgehead atoms. The predicted octanol–water partition coefficient (Wildman–Crippen LogP) is 1.84. The summed E-state index contributed by atoms with van der Waals surface area (Å²) in [7, 11) is 0. The molecule has 0 saturated heterocycles. The number of halogens is 1. The molecule has 1 heterocycles. The number of carboxylic acids is 1. The fourth-order valence-corrected chi connectivity index (χ4v) is 3.25. The van der Waals surface area contributed by atoms with Crippen LogP contribution in [0.2, 0.25) is 5.02 Å². The molecular formula is C9H10ClNO2S. The van der Waals surface area contributed by atoms with Gasteiger partial charge in [0.2, 0.25) is 0 Å². The lowest BCUT2D eigenvalue weighted by Gasteiger charge is -2.18.